The third-order valence-corrected chi connectivity index (χ3v) is 5.01. The van der Waals surface area contributed by atoms with E-state index in [2.05, 4.69) is 4.98 Å². The average molecular weight is 378 g/mol. The molecule has 4 rings (SSSR count). The van der Waals surface area contributed by atoms with Gasteiger partial charge in [0.2, 0.25) is 0 Å². The molecule has 28 heavy (non-hydrogen) atoms. The highest BCUT2D eigenvalue weighted by molar-refractivity contribution is 6.19. The van der Waals surface area contributed by atoms with Gasteiger partial charge in [-0.1, -0.05) is 0 Å². The number of pyridine rings is 1. The first kappa shape index (κ1) is 18.1. The lowest BCUT2D eigenvalue weighted by Gasteiger charge is -2.20. The molecule has 2 aromatic carbocycles. The van der Waals surface area contributed by atoms with Gasteiger partial charge >= 0.3 is 0 Å². The minimum atomic E-state index is 0.660. The number of nitrogens with zero attached hydrogens (tertiary/aromatic N) is 2. The van der Waals surface area contributed by atoms with Gasteiger partial charge in [-0.3, -0.25) is 9.98 Å². The van der Waals surface area contributed by atoms with E-state index >= 15 is 0 Å². The van der Waals surface area contributed by atoms with Crippen molar-refractivity contribution in [3.63, 3.8) is 0 Å². The van der Waals surface area contributed by atoms with Crippen molar-refractivity contribution >= 4 is 16.5 Å². The normalized spacial score (nSPS) is 12.9. The van der Waals surface area contributed by atoms with Crippen LogP contribution in [0.15, 0.2) is 41.5 Å². The molecule has 0 spiro atoms. The number of hydrogen-bond acceptors (Lipinski definition) is 6. The van der Waals surface area contributed by atoms with Gasteiger partial charge in [0, 0.05) is 23.7 Å². The van der Waals surface area contributed by atoms with Crippen molar-refractivity contribution in [2.75, 3.05) is 35.0 Å². The highest BCUT2D eigenvalue weighted by Crippen LogP contribution is 2.37. The fourth-order valence-electron chi connectivity index (χ4n) is 3.61. The quantitative estimate of drug-likeness (QED) is 0.678. The molecule has 0 bridgehead atoms. The zero-order chi connectivity index (χ0) is 19.7. The van der Waals surface area contributed by atoms with Crippen molar-refractivity contribution in [3.8, 4) is 23.0 Å². The fourth-order valence-corrected chi connectivity index (χ4v) is 3.61. The molecule has 1 aliphatic heterocycles. The molecule has 0 atom stereocenters. The van der Waals surface area contributed by atoms with Crippen LogP contribution in [-0.2, 0) is 6.42 Å². The van der Waals surface area contributed by atoms with E-state index in [1.54, 1.807) is 34.6 Å². The molecule has 0 radical (unpaired) electrons. The Morgan fingerprint density at radius 3 is 2.14 bits per heavy atom. The second kappa shape index (κ2) is 7.38. The van der Waals surface area contributed by atoms with Crippen LogP contribution >= 0.6 is 0 Å². The highest BCUT2D eigenvalue weighted by atomic mass is 16.5. The second-order valence-electron chi connectivity index (χ2n) is 6.43. The number of fused-ring (bicyclic) bond motifs is 2. The van der Waals surface area contributed by atoms with Crippen LogP contribution < -0.4 is 18.9 Å². The first-order chi connectivity index (χ1) is 13.7. The minimum absolute atomic E-state index is 0.660. The zero-order valence-corrected chi connectivity index (χ0v) is 16.4. The molecule has 0 fully saturated rings. The molecule has 0 aliphatic carbocycles. The second-order valence-corrected chi connectivity index (χ2v) is 6.43. The van der Waals surface area contributed by atoms with Crippen molar-refractivity contribution in [2.45, 2.75) is 6.42 Å². The fraction of sp³-hybridized carbons (Fsp3) is 0.273. The van der Waals surface area contributed by atoms with Gasteiger partial charge in [0.1, 0.15) is 0 Å². The van der Waals surface area contributed by atoms with Gasteiger partial charge in [-0.15, -0.1) is 0 Å². The molecule has 144 valence electrons. The van der Waals surface area contributed by atoms with Crippen LogP contribution in [0.1, 0.15) is 16.8 Å². The molecule has 3 aromatic rings. The zero-order valence-electron chi connectivity index (χ0n) is 16.4. The third-order valence-electron chi connectivity index (χ3n) is 5.01. The van der Waals surface area contributed by atoms with Gasteiger partial charge in [0.05, 0.1) is 39.8 Å². The maximum atomic E-state index is 5.50. The summed E-state index contributed by atoms with van der Waals surface area (Å²) in [6, 6.07) is 9.87. The van der Waals surface area contributed by atoms with Gasteiger partial charge < -0.3 is 18.9 Å². The van der Waals surface area contributed by atoms with Gasteiger partial charge in [-0.05, 0) is 47.7 Å². The predicted molar refractivity (Wildman–Crippen MR) is 109 cm³/mol. The molecule has 0 amide bonds. The molecule has 1 aromatic heterocycles. The lowest BCUT2D eigenvalue weighted by atomic mass is 9.93. The van der Waals surface area contributed by atoms with Gasteiger partial charge in [-0.2, -0.15) is 0 Å². The SMILES string of the molecule is COc1cc2c(cc1OC)C(c1nccc3cc(OC)c(OC)cc13)=NCC2. The van der Waals surface area contributed by atoms with E-state index in [1.165, 1.54) is 5.56 Å². The van der Waals surface area contributed by atoms with Crippen LogP contribution in [0.3, 0.4) is 0 Å². The number of aromatic nitrogens is 1. The number of hydrogen-bond donors (Lipinski definition) is 0. The Morgan fingerprint density at radius 1 is 0.786 bits per heavy atom. The Morgan fingerprint density at radius 2 is 1.43 bits per heavy atom. The molecule has 2 heterocycles. The summed E-state index contributed by atoms with van der Waals surface area (Å²) in [7, 11) is 6.54. The summed E-state index contributed by atoms with van der Waals surface area (Å²) < 4.78 is 21.9. The van der Waals surface area contributed by atoms with Crippen LogP contribution in [0, 0.1) is 0 Å². The highest BCUT2D eigenvalue weighted by Gasteiger charge is 2.22. The van der Waals surface area contributed by atoms with Crippen LogP contribution in [0.2, 0.25) is 0 Å². The molecule has 0 saturated heterocycles. The number of methoxy groups -OCH3 is 4. The largest absolute Gasteiger partial charge is 0.493 e. The van der Waals surface area contributed by atoms with E-state index in [-0.39, 0.29) is 0 Å². The first-order valence-electron chi connectivity index (χ1n) is 9.01. The number of benzene rings is 2. The van der Waals surface area contributed by atoms with Crippen LogP contribution in [0.5, 0.6) is 23.0 Å². The lowest BCUT2D eigenvalue weighted by molar-refractivity contribution is 0.354. The third kappa shape index (κ3) is 2.91. The van der Waals surface area contributed by atoms with Crippen molar-refractivity contribution in [2.24, 2.45) is 4.99 Å². The molecule has 6 heteroatoms. The Hall–Kier alpha value is -3.28. The van der Waals surface area contributed by atoms with Gasteiger partial charge in [0.15, 0.2) is 23.0 Å². The van der Waals surface area contributed by atoms with E-state index in [9.17, 15) is 0 Å². The van der Waals surface area contributed by atoms with Gasteiger partial charge in [0.25, 0.3) is 0 Å². The molecular formula is C22H22N2O4. The number of rotatable bonds is 5. The molecule has 0 N–H and O–H groups in total. The predicted octanol–water partition coefficient (Wildman–Crippen LogP) is 3.66. The summed E-state index contributed by atoms with van der Waals surface area (Å²) in [5, 5.41) is 1.97. The summed E-state index contributed by atoms with van der Waals surface area (Å²) in [5.41, 5.74) is 3.84. The van der Waals surface area contributed by atoms with Crippen molar-refractivity contribution in [1.82, 2.24) is 4.98 Å². The minimum Gasteiger partial charge on any atom is -0.493 e. The Balaban J connectivity index is 1.93. The lowest BCUT2D eigenvalue weighted by Crippen LogP contribution is -2.16. The number of ether oxygens (including phenoxy) is 4. The molecule has 0 unspecified atom stereocenters. The molecule has 1 aliphatic rings. The molecule has 0 saturated carbocycles. The topological polar surface area (TPSA) is 62.2 Å². The summed E-state index contributed by atoms with van der Waals surface area (Å²) in [6.07, 6.45) is 2.64. The van der Waals surface area contributed by atoms with Gasteiger partial charge in [-0.25, -0.2) is 0 Å². The van der Waals surface area contributed by atoms with Crippen molar-refractivity contribution in [1.29, 1.82) is 0 Å². The van der Waals surface area contributed by atoms with E-state index in [0.29, 0.717) is 23.8 Å². The summed E-state index contributed by atoms with van der Waals surface area (Å²) in [6.45, 7) is 0.698. The van der Waals surface area contributed by atoms with Crippen molar-refractivity contribution in [3.05, 3.63) is 53.3 Å². The Kier molecular flexibility index (Phi) is 4.77. The Bertz CT molecular complexity index is 1080. The smallest absolute Gasteiger partial charge is 0.161 e. The van der Waals surface area contributed by atoms with Crippen LogP contribution in [0.25, 0.3) is 10.8 Å². The standard InChI is InChI=1S/C22H22N2O4/c1-25-17-9-13-5-7-23-21(15(13)11-19(17)27-3)22-16-12-20(28-4)18(26-2)10-14(16)6-8-24-22/h5,7,9-12H,6,8H2,1-4H3. The maximum Gasteiger partial charge on any atom is 0.161 e. The first-order valence-corrected chi connectivity index (χ1v) is 9.01. The van der Waals surface area contributed by atoms with E-state index in [1.807, 2.05) is 30.3 Å². The Labute approximate surface area is 163 Å². The summed E-state index contributed by atoms with van der Waals surface area (Å²) in [5.74, 6) is 2.74. The van der Waals surface area contributed by atoms with Crippen LogP contribution in [-0.4, -0.2) is 45.7 Å². The average Bonchev–Trinajstić information content (AvgIpc) is 2.76. The van der Waals surface area contributed by atoms with E-state index < -0.39 is 0 Å². The molecule has 6 nitrogen and oxygen atoms in total. The van der Waals surface area contributed by atoms with Crippen LogP contribution in [0.4, 0.5) is 0 Å². The number of aliphatic imine (C=N–C) groups is 1. The maximum absolute atomic E-state index is 5.50. The van der Waals surface area contributed by atoms with E-state index in [0.717, 1.165) is 39.9 Å². The summed E-state index contributed by atoms with van der Waals surface area (Å²) >= 11 is 0. The van der Waals surface area contributed by atoms with Crippen molar-refractivity contribution < 1.29 is 18.9 Å². The molecular weight excluding hydrogens is 356 g/mol. The monoisotopic (exact) mass is 378 g/mol. The summed E-state index contributed by atoms with van der Waals surface area (Å²) in [4.78, 5) is 9.47. The van der Waals surface area contributed by atoms with E-state index in [4.69, 9.17) is 23.9 Å².